The SMILES string of the molecule is CC.COCC(C(=O)NC(C)C)N(C)C. The molecule has 0 heterocycles. The van der Waals surface area contributed by atoms with Gasteiger partial charge in [0.2, 0.25) is 5.91 Å². The minimum atomic E-state index is -0.201. The zero-order valence-electron chi connectivity index (χ0n) is 11.1. The van der Waals surface area contributed by atoms with Crippen LogP contribution in [0.2, 0.25) is 0 Å². The zero-order valence-corrected chi connectivity index (χ0v) is 11.1. The van der Waals surface area contributed by atoms with E-state index < -0.39 is 0 Å². The van der Waals surface area contributed by atoms with Crippen molar-refractivity contribution in [1.29, 1.82) is 0 Å². The van der Waals surface area contributed by atoms with Gasteiger partial charge in [0.05, 0.1) is 6.61 Å². The van der Waals surface area contributed by atoms with Gasteiger partial charge in [0.25, 0.3) is 0 Å². The molecule has 0 aromatic carbocycles. The second-order valence-corrected chi connectivity index (χ2v) is 3.60. The van der Waals surface area contributed by atoms with E-state index in [9.17, 15) is 4.79 Å². The van der Waals surface area contributed by atoms with Crippen LogP contribution in [0.3, 0.4) is 0 Å². The lowest BCUT2D eigenvalue weighted by Crippen LogP contribution is -2.48. The van der Waals surface area contributed by atoms with Crippen molar-refractivity contribution >= 4 is 5.91 Å². The number of ether oxygens (including phenoxy) is 1. The third-order valence-electron chi connectivity index (χ3n) is 1.68. The first-order chi connectivity index (χ1) is 6.99. The van der Waals surface area contributed by atoms with Crippen molar-refractivity contribution in [3.63, 3.8) is 0 Å². The molecule has 15 heavy (non-hydrogen) atoms. The monoisotopic (exact) mass is 218 g/mol. The molecule has 0 spiro atoms. The number of amides is 1. The largest absolute Gasteiger partial charge is 0.383 e. The van der Waals surface area contributed by atoms with Crippen LogP contribution in [0.4, 0.5) is 0 Å². The van der Waals surface area contributed by atoms with Gasteiger partial charge in [-0.05, 0) is 27.9 Å². The topological polar surface area (TPSA) is 41.6 Å². The number of hydrogen-bond acceptors (Lipinski definition) is 3. The van der Waals surface area contributed by atoms with Crippen LogP contribution in [0.15, 0.2) is 0 Å². The Hall–Kier alpha value is -0.610. The van der Waals surface area contributed by atoms with E-state index in [2.05, 4.69) is 5.32 Å². The van der Waals surface area contributed by atoms with Crippen molar-refractivity contribution in [2.75, 3.05) is 27.8 Å². The second kappa shape index (κ2) is 9.93. The standard InChI is InChI=1S/C9H20N2O2.C2H6/c1-7(2)10-9(12)8(6-13-5)11(3)4;1-2/h7-8H,6H2,1-5H3,(H,10,12);1-2H3. The number of nitrogens with one attached hydrogen (secondary N) is 1. The Morgan fingerprint density at radius 1 is 1.33 bits per heavy atom. The van der Waals surface area contributed by atoms with Crippen molar-refractivity contribution in [1.82, 2.24) is 10.2 Å². The Bertz CT molecular complexity index is 159. The average Bonchev–Trinajstić information content (AvgIpc) is 2.15. The molecule has 92 valence electrons. The van der Waals surface area contributed by atoms with Gasteiger partial charge in [-0.2, -0.15) is 0 Å². The Kier molecular flexibility index (Phi) is 11.1. The van der Waals surface area contributed by atoms with E-state index in [-0.39, 0.29) is 18.0 Å². The van der Waals surface area contributed by atoms with Crippen LogP contribution >= 0.6 is 0 Å². The van der Waals surface area contributed by atoms with Gasteiger partial charge in [0, 0.05) is 13.2 Å². The molecule has 0 saturated carbocycles. The van der Waals surface area contributed by atoms with Crippen LogP contribution in [0.5, 0.6) is 0 Å². The van der Waals surface area contributed by atoms with Gasteiger partial charge in [-0.25, -0.2) is 0 Å². The Balaban J connectivity index is 0. The van der Waals surface area contributed by atoms with Crippen LogP contribution in [0.25, 0.3) is 0 Å². The van der Waals surface area contributed by atoms with Gasteiger partial charge in [-0.3, -0.25) is 9.69 Å². The van der Waals surface area contributed by atoms with Gasteiger partial charge in [0.15, 0.2) is 0 Å². The predicted molar refractivity (Wildman–Crippen MR) is 64.0 cm³/mol. The highest BCUT2D eigenvalue weighted by molar-refractivity contribution is 5.82. The number of methoxy groups -OCH3 is 1. The molecule has 0 aliphatic carbocycles. The van der Waals surface area contributed by atoms with E-state index in [4.69, 9.17) is 4.74 Å². The third kappa shape index (κ3) is 8.39. The highest BCUT2D eigenvalue weighted by Crippen LogP contribution is 1.95. The summed E-state index contributed by atoms with van der Waals surface area (Å²) in [5.74, 6) is 0.0156. The van der Waals surface area contributed by atoms with E-state index in [0.29, 0.717) is 6.61 Å². The van der Waals surface area contributed by atoms with E-state index in [1.807, 2.05) is 46.7 Å². The van der Waals surface area contributed by atoms with Crippen molar-refractivity contribution in [3.8, 4) is 0 Å². The van der Waals surface area contributed by atoms with Crippen LogP contribution in [0, 0.1) is 0 Å². The molecule has 0 rings (SSSR count). The van der Waals surface area contributed by atoms with Crippen LogP contribution in [-0.2, 0) is 9.53 Å². The number of hydrogen-bond donors (Lipinski definition) is 1. The first kappa shape index (κ1) is 16.8. The van der Waals surface area contributed by atoms with Crippen LogP contribution < -0.4 is 5.32 Å². The molecule has 1 N–H and O–H groups in total. The summed E-state index contributed by atoms with van der Waals surface area (Å²) >= 11 is 0. The molecule has 1 amide bonds. The summed E-state index contributed by atoms with van der Waals surface area (Å²) in [5, 5.41) is 2.85. The molecular formula is C11H26N2O2. The minimum Gasteiger partial charge on any atom is -0.383 e. The van der Waals surface area contributed by atoms with Gasteiger partial charge in [-0.15, -0.1) is 0 Å². The summed E-state index contributed by atoms with van der Waals surface area (Å²) in [7, 11) is 5.33. The van der Waals surface area contributed by atoms with Crippen LogP contribution in [-0.4, -0.2) is 50.7 Å². The minimum absolute atomic E-state index is 0.0156. The average molecular weight is 218 g/mol. The second-order valence-electron chi connectivity index (χ2n) is 3.60. The summed E-state index contributed by atoms with van der Waals surface area (Å²) in [6.45, 7) is 8.31. The van der Waals surface area contributed by atoms with E-state index in [1.54, 1.807) is 7.11 Å². The fraction of sp³-hybridized carbons (Fsp3) is 0.909. The molecule has 0 radical (unpaired) electrons. The lowest BCUT2D eigenvalue weighted by atomic mass is 10.2. The summed E-state index contributed by atoms with van der Waals surface area (Å²) < 4.78 is 4.97. The fourth-order valence-electron chi connectivity index (χ4n) is 0.998. The lowest BCUT2D eigenvalue weighted by molar-refractivity contribution is -0.127. The van der Waals surface area contributed by atoms with Crippen LogP contribution in [0.1, 0.15) is 27.7 Å². The molecule has 0 aliphatic heterocycles. The summed E-state index contributed by atoms with van der Waals surface area (Å²) in [6, 6.07) is -0.0285. The molecule has 0 aliphatic rings. The molecule has 0 fully saturated rings. The van der Waals surface area contributed by atoms with E-state index in [1.165, 1.54) is 0 Å². The van der Waals surface area contributed by atoms with Gasteiger partial charge in [0.1, 0.15) is 6.04 Å². The third-order valence-corrected chi connectivity index (χ3v) is 1.68. The first-order valence-electron chi connectivity index (χ1n) is 5.44. The number of rotatable bonds is 5. The van der Waals surface area contributed by atoms with Crippen molar-refractivity contribution < 1.29 is 9.53 Å². The highest BCUT2D eigenvalue weighted by atomic mass is 16.5. The number of carbonyl (C=O) groups is 1. The maximum Gasteiger partial charge on any atom is 0.239 e. The first-order valence-corrected chi connectivity index (χ1v) is 5.44. The number of likely N-dealkylation sites (N-methyl/N-ethyl adjacent to an activating group) is 1. The van der Waals surface area contributed by atoms with Gasteiger partial charge < -0.3 is 10.1 Å². The molecular weight excluding hydrogens is 192 g/mol. The Morgan fingerprint density at radius 3 is 2.07 bits per heavy atom. The van der Waals surface area contributed by atoms with Gasteiger partial charge >= 0.3 is 0 Å². The highest BCUT2D eigenvalue weighted by Gasteiger charge is 2.20. The van der Waals surface area contributed by atoms with Crippen molar-refractivity contribution in [3.05, 3.63) is 0 Å². The smallest absolute Gasteiger partial charge is 0.239 e. The lowest BCUT2D eigenvalue weighted by Gasteiger charge is -2.23. The molecule has 0 aromatic rings. The summed E-state index contributed by atoms with van der Waals surface area (Å²) in [4.78, 5) is 13.4. The predicted octanol–water partition coefficient (Wildman–Crippen LogP) is 1.11. The molecule has 1 unspecified atom stereocenters. The molecule has 4 nitrogen and oxygen atoms in total. The maximum atomic E-state index is 11.6. The van der Waals surface area contributed by atoms with Gasteiger partial charge in [-0.1, -0.05) is 13.8 Å². The molecule has 0 bridgehead atoms. The summed E-state index contributed by atoms with van der Waals surface area (Å²) in [5.41, 5.74) is 0. The quantitative estimate of drug-likeness (QED) is 0.751. The van der Waals surface area contributed by atoms with Crippen molar-refractivity contribution in [2.45, 2.75) is 39.8 Å². The van der Waals surface area contributed by atoms with E-state index in [0.717, 1.165) is 0 Å². The Labute approximate surface area is 94.0 Å². The molecule has 4 heteroatoms. The van der Waals surface area contributed by atoms with Crippen molar-refractivity contribution in [2.24, 2.45) is 0 Å². The summed E-state index contributed by atoms with van der Waals surface area (Å²) in [6.07, 6.45) is 0. The Morgan fingerprint density at radius 2 is 1.80 bits per heavy atom. The zero-order chi connectivity index (χ0) is 12.4. The molecule has 1 atom stereocenters. The maximum absolute atomic E-state index is 11.6. The number of carbonyl (C=O) groups excluding carboxylic acids is 1. The normalized spacial score (nSPS) is 12.1. The number of nitrogens with zero attached hydrogens (tertiary/aromatic N) is 1. The molecule has 0 saturated heterocycles. The fourth-order valence-corrected chi connectivity index (χ4v) is 0.998. The molecule has 0 aromatic heterocycles. The van der Waals surface area contributed by atoms with E-state index >= 15 is 0 Å².